The molecule has 1 aromatic heterocycles. The Labute approximate surface area is 126 Å². The highest BCUT2D eigenvalue weighted by Gasteiger charge is 2.19. The van der Waals surface area contributed by atoms with Crippen molar-refractivity contribution in [2.75, 3.05) is 16.8 Å². The lowest BCUT2D eigenvalue weighted by Crippen LogP contribution is -2.13. The second kappa shape index (κ2) is 6.33. The van der Waals surface area contributed by atoms with Crippen LogP contribution < -0.4 is 16.8 Å². The minimum Gasteiger partial charge on any atom is -0.397 e. The minimum absolute atomic E-state index is 0.0106. The van der Waals surface area contributed by atoms with E-state index in [-0.39, 0.29) is 28.1 Å². The quantitative estimate of drug-likeness (QED) is 0.703. The maximum atomic E-state index is 14.2. The van der Waals surface area contributed by atoms with E-state index in [9.17, 15) is 4.39 Å². The minimum atomic E-state index is -0.596. The van der Waals surface area contributed by atoms with Crippen LogP contribution in [0.3, 0.4) is 0 Å². The van der Waals surface area contributed by atoms with Crippen molar-refractivity contribution in [3.63, 3.8) is 0 Å². The molecule has 1 heterocycles. The van der Waals surface area contributed by atoms with E-state index in [2.05, 4.69) is 12.2 Å². The monoisotopic (exact) mass is 313 g/mol. The van der Waals surface area contributed by atoms with Crippen LogP contribution in [0, 0.1) is 5.82 Å². The fourth-order valence-electron chi connectivity index (χ4n) is 2.05. The van der Waals surface area contributed by atoms with Crippen molar-refractivity contribution in [3.05, 3.63) is 39.3 Å². The summed E-state index contributed by atoms with van der Waals surface area (Å²) in [4.78, 5) is 1.14. The van der Waals surface area contributed by atoms with Gasteiger partial charge in [0.1, 0.15) is 5.02 Å². The third-order valence-electron chi connectivity index (χ3n) is 3.05. The molecule has 108 valence electrons. The van der Waals surface area contributed by atoms with Gasteiger partial charge in [0.05, 0.1) is 23.1 Å². The zero-order valence-electron chi connectivity index (χ0n) is 11.1. The molecule has 5 N–H and O–H groups in total. The number of nitrogen functional groups attached to an aromatic ring is 2. The fourth-order valence-corrected chi connectivity index (χ4v) is 3.01. The molecule has 3 nitrogen and oxygen atoms in total. The molecule has 1 unspecified atom stereocenters. The molecule has 1 atom stereocenters. The SMILES string of the molecule is CCCC(Nc1c(N)cc(N)c(Cl)c1F)c1cccs1. The first-order valence-electron chi connectivity index (χ1n) is 6.37. The van der Waals surface area contributed by atoms with E-state index < -0.39 is 5.82 Å². The summed E-state index contributed by atoms with van der Waals surface area (Å²) in [5, 5.41) is 5.06. The maximum Gasteiger partial charge on any atom is 0.169 e. The van der Waals surface area contributed by atoms with E-state index in [0.29, 0.717) is 0 Å². The molecule has 0 aliphatic rings. The zero-order valence-corrected chi connectivity index (χ0v) is 12.7. The highest BCUT2D eigenvalue weighted by atomic mass is 35.5. The predicted molar refractivity (Wildman–Crippen MR) is 85.8 cm³/mol. The van der Waals surface area contributed by atoms with Crippen LogP contribution in [0.15, 0.2) is 23.6 Å². The molecule has 0 saturated heterocycles. The third-order valence-corrected chi connectivity index (χ3v) is 4.42. The van der Waals surface area contributed by atoms with E-state index in [1.807, 2.05) is 17.5 Å². The van der Waals surface area contributed by atoms with Crippen molar-refractivity contribution in [2.45, 2.75) is 25.8 Å². The molecular formula is C14H17ClFN3S. The van der Waals surface area contributed by atoms with Gasteiger partial charge in [-0.2, -0.15) is 0 Å². The number of thiophene rings is 1. The van der Waals surface area contributed by atoms with E-state index in [1.54, 1.807) is 11.3 Å². The molecular weight excluding hydrogens is 297 g/mol. The van der Waals surface area contributed by atoms with Gasteiger partial charge in [-0.05, 0) is 23.9 Å². The second-order valence-electron chi connectivity index (χ2n) is 4.56. The normalized spacial score (nSPS) is 12.3. The van der Waals surface area contributed by atoms with Crippen LogP contribution >= 0.6 is 22.9 Å². The number of anilines is 3. The van der Waals surface area contributed by atoms with Crippen molar-refractivity contribution in [2.24, 2.45) is 0 Å². The summed E-state index contributed by atoms with van der Waals surface area (Å²) in [5.74, 6) is -0.596. The highest BCUT2D eigenvalue weighted by Crippen LogP contribution is 2.37. The first kappa shape index (κ1) is 14.9. The van der Waals surface area contributed by atoms with Gasteiger partial charge >= 0.3 is 0 Å². The first-order valence-corrected chi connectivity index (χ1v) is 7.63. The van der Waals surface area contributed by atoms with E-state index in [4.69, 9.17) is 23.1 Å². The summed E-state index contributed by atoms with van der Waals surface area (Å²) in [7, 11) is 0. The van der Waals surface area contributed by atoms with Gasteiger partial charge < -0.3 is 16.8 Å². The lowest BCUT2D eigenvalue weighted by molar-refractivity contribution is 0.621. The molecule has 0 aliphatic heterocycles. The van der Waals surface area contributed by atoms with E-state index >= 15 is 0 Å². The molecule has 6 heteroatoms. The van der Waals surface area contributed by atoms with Crippen molar-refractivity contribution in [1.29, 1.82) is 0 Å². The second-order valence-corrected chi connectivity index (χ2v) is 5.92. The number of hydrogen-bond acceptors (Lipinski definition) is 4. The average Bonchev–Trinajstić information content (AvgIpc) is 2.94. The van der Waals surface area contributed by atoms with Gasteiger partial charge in [0, 0.05) is 4.88 Å². The van der Waals surface area contributed by atoms with Gasteiger partial charge in [0.15, 0.2) is 5.82 Å². The van der Waals surface area contributed by atoms with Gasteiger partial charge in [-0.15, -0.1) is 11.3 Å². The van der Waals surface area contributed by atoms with Gasteiger partial charge in [-0.3, -0.25) is 0 Å². The van der Waals surface area contributed by atoms with Crippen LogP contribution in [0.25, 0.3) is 0 Å². The molecule has 0 radical (unpaired) electrons. The van der Waals surface area contributed by atoms with Crippen molar-refractivity contribution < 1.29 is 4.39 Å². The smallest absolute Gasteiger partial charge is 0.169 e. The van der Waals surface area contributed by atoms with Gasteiger partial charge in [-0.1, -0.05) is 31.0 Å². The summed E-state index contributed by atoms with van der Waals surface area (Å²) in [6, 6.07) is 5.48. The zero-order chi connectivity index (χ0) is 14.7. The Kier molecular flexibility index (Phi) is 4.73. The Hall–Kier alpha value is -1.46. The lowest BCUT2D eigenvalue weighted by atomic mass is 10.1. The molecule has 0 aliphatic carbocycles. The summed E-state index contributed by atoms with van der Waals surface area (Å²) in [6.45, 7) is 2.08. The molecule has 0 spiro atoms. The third kappa shape index (κ3) is 2.99. The maximum absolute atomic E-state index is 14.2. The average molecular weight is 314 g/mol. The Bertz CT molecular complexity index is 587. The topological polar surface area (TPSA) is 64.1 Å². The van der Waals surface area contributed by atoms with Crippen LogP contribution in [-0.4, -0.2) is 0 Å². The van der Waals surface area contributed by atoms with E-state index in [1.165, 1.54) is 6.07 Å². The number of benzene rings is 1. The van der Waals surface area contributed by atoms with Crippen molar-refractivity contribution >= 4 is 40.0 Å². The van der Waals surface area contributed by atoms with E-state index in [0.717, 1.165) is 17.7 Å². The number of hydrogen-bond donors (Lipinski definition) is 3. The molecule has 0 bridgehead atoms. The predicted octanol–water partition coefficient (Wildman–Crippen LogP) is 4.66. The molecule has 20 heavy (non-hydrogen) atoms. The van der Waals surface area contributed by atoms with Gasteiger partial charge in [0.2, 0.25) is 0 Å². The summed E-state index contributed by atoms with van der Waals surface area (Å²) in [5.41, 5.74) is 12.1. The van der Waals surface area contributed by atoms with Crippen LogP contribution in [0.4, 0.5) is 21.5 Å². The van der Waals surface area contributed by atoms with Crippen LogP contribution in [0.2, 0.25) is 5.02 Å². The Morgan fingerprint density at radius 3 is 2.75 bits per heavy atom. The van der Waals surface area contributed by atoms with Crippen molar-refractivity contribution in [1.82, 2.24) is 0 Å². The lowest BCUT2D eigenvalue weighted by Gasteiger charge is -2.20. The van der Waals surface area contributed by atoms with Crippen LogP contribution in [0.1, 0.15) is 30.7 Å². The molecule has 0 amide bonds. The molecule has 0 saturated carbocycles. The Morgan fingerprint density at radius 2 is 2.15 bits per heavy atom. The molecule has 0 fully saturated rings. The van der Waals surface area contributed by atoms with Crippen LogP contribution in [-0.2, 0) is 0 Å². The fraction of sp³-hybridized carbons (Fsp3) is 0.286. The highest BCUT2D eigenvalue weighted by molar-refractivity contribution is 7.10. The van der Waals surface area contributed by atoms with Crippen LogP contribution in [0.5, 0.6) is 0 Å². The first-order chi connectivity index (χ1) is 9.54. The Balaban J connectivity index is 2.34. The van der Waals surface area contributed by atoms with Gasteiger partial charge in [0.25, 0.3) is 0 Å². The Morgan fingerprint density at radius 1 is 1.40 bits per heavy atom. The number of rotatable bonds is 5. The molecule has 2 aromatic rings. The summed E-state index contributed by atoms with van der Waals surface area (Å²) < 4.78 is 14.2. The number of nitrogens with one attached hydrogen (secondary N) is 1. The molecule has 1 aromatic carbocycles. The summed E-state index contributed by atoms with van der Waals surface area (Å²) in [6.07, 6.45) is 1.85. The van der Waals surface area contributed by atoms with Gasteiger partial charge in [-0.25, -0.2) is 4.39 Å². The number of nitrogens with two attached hydrogens (primary N) is 2. The number of halogens is 2. The molecule has 2 rings (SSSR count). The largest absolute Gasteiger partial charge is 0.397 e. The summed E-state index contributed by atoms with van der Waals surface area (Å²) >= 11 is 7.47. The van der Waals surface area contributed by atoms with Crippen molar-refractivity contribution in [3.8, 4) is 0 Å². The standard InChI is InChI=1S/C14H17ClFN3S/c1-2-4-10(11-5-3-6-20-11)19-14-9(18)7-8(17)12(15)13(14)16/h3,5-7,10,19H,2,4,17-18H2,1H3.